The number of aliphatic imine (C=N–C) groups is 1. The summed E-state index contributed by atoms with van der Waals surface area (Å²) in [6.07, 6.45) is 19.2. The van der Waals surface area contributed by atoms with Crippen molar-refractivity contribution in [2.75, 3.05) is 19.7 Å². The van der Waals surface area contributed by atoms with Crippen molar-refractivity contribution in [2.45, 2.75) is 97.2 Å². The zero-order valence-corrected chi connectivity index (χ0v) is 24.1. The molecule has 0 radical (unpaired) electrons. The highest BCUT2D eigenvalue weighted by molar-refractivity contribution is 5.83. The first kappa shape index (κ1) is 29.4. The van der Waals surface area contributed by atoms with Crippen LogP contribution in [0.4, 0.5) is 0 Å². The highest BCUT2D eigenvalue weighted by Crippen LogP contribution is 2.46. The van der Waals surface area contributed by atoms with Gasteiger partial charge in [-0.3, -0.25) is 0 Å². The maximum Gasteiger partial charge on any atom is 0.184 e. The van der Waals surface area contributed by atoms with Gasteiger partial charge in [-0.2, -0.15) is 12.5 Å². The largest absolute Gasteiger partial charge is 0.592 e. The molecule has 6 heteroatoms. The molecule has 0 aromatic heterocycles. The van der Waals surface area contributed by atoms with Crippen molar-refractivity contribution in [1.29, 1.82) is 0 Å². The molecule has 39 heavy (non-hydrogen) atoms. The quantitative estimate of drug-likeness (QED) is 0.224. The van der Waals surface area contributed by atoms with Gasteiger partial charge in [0.25, 0.3) is 0 Å². The summed E-state index contributed by atoms with van der Waals surface area (Å²) in [4.78, 5) is 4.88. The maximum atomic E-state index is 10.6. The summed E-state index contributed by atoms with van der Waals surface area (Å²) in [5.41, 5.74) is 2.10. The number of hydrogen-bond acceptors (Lipinski definition) is 6. The van der Waals surface area contributed by atoms with Crippen molar-refractivity contribution < 1.29 is 19.7 Å². The van der Waals surface area contributed by atoms with E-state index >= 15 is 0 Å². The lowest BCUT2D eigenvalue weighted by Gasteiger charge is -2.32. The van der Waals surface area contributed by atoms with Crippen LogP contribution >= 0.6 is 0 Å². The number of nitrogens with zero attached hydrogens (tertiary/aromatic N) is 1. The van der Waals surface area contributed by atoms with Crippen molar-refractivity contribution >= 4 is 6.21 Å². The van der Waals surface area contributed by atoms with Crippen LogP contribution in [0.25, 0.3) is 0 Å². The summed E-state index contributed by atoms with van der Waals surface area (Å²) < 4.78 is 12.5. The molecule has 3 aliphatic rings. The number of aromatic hydroxyl groups is 1. The van der Waals surface area contributed by atoms with Crippen molar-refractivity contribution in [2.24, 2.45) is 16.3 Å². The Labute approximate surface area is 235 Å². The monoisotopic (exact) mass is 536 g/mol. The Morgan fingerprint density at radius 1 is 1.21 bits per heavy atom. The number of allylic oxidation sites excluding steroid dienone is 2. The van der Waals surface area contributed by atoms with Crippen LogP contribution < -0.4 is 10.1 Å². The Bertz CT molecular complexity index is 1010. The van der Waals surface area contributed by atoms with Gasteiger partial charge in [0.15, 0.2) is 17.2 Å². The van der Waals surface area contributed by atoms with E-state index in [4.69, 9.17) is 14.5 Å². The average Bonchev–Trinajstić information content (AvgIpc) is 3.61. The fourth-order valence-corrected chi connectivity index (χ4v) is 5.77. The predicted molar refractivity (Wildman–Crippen MR) is 158 cm³/mol. The second-order valence-corrected chi connectivity index (χ2v) is 11.8. The standard InChI is InChI=1S/C33H48N2O4/c1-4-5-9-28-13-14-29(39-28)12-10-26-11-15-30(37)31(18-26)38-23-33(16-7-6-8-17-33)32-19-27(22-35-32)24(2)20-34-21-25(3)36/h11,13-15,18-19,22,24-25,28,34,36-37H,4-10,12,16-17,20-21,23H2,1-3H3. The van der Waals surface area contributed by atoms with E-state index in [2.05, 4.69) is 37.7 Å². The lowest BCUT2D eigenvalue weighted by atomic mass is 9.72. The second-order valence-electron chi connectivity index (χ2n) is 11.8. The van der Waals surface area contributed by atoms with E-state index in [-0.39, 0.29) is 23.4 Å². The Morgan fingerprint density at radius 2 is 2.03 bits per heavy atom. The number of benzene rings is 1. The number of hydrogen-bond donors (Lipinski definition) is 3. The molecule has 214 valence electrons. The Hall–Kier alpha value is -2.57. The summed E-state index contributed by atoms with van der Waals surface area (Å²) in [5, 5.41) is 23.5. The van der Waals surface area contributed by atoms with E-state index in [1.54, 1.807) is 13.0 Å². The van der Waals surface area contributed by atoms with Crippen LogP contribution in [0.15, 0.2) is 46.8 Å². The number of aryl methyl sites for hydroxylation is 1. The van der Waals surface area contributed by atoms with Gasteiger partial charge in [0.2, 0.25) is 0 Å². The molecule has 0 spiro atoms. The van der Waals surface area contributed by atoms with Crippen LogP contribution in [0, 0.1) is 23.7 Å². The summed E-state index contributed by atoms with van der Waals surface area (Å²) in [5.74, 6) is 3.30. The normalized spacial score (nSPS) is 21.6. The number of aliphatic hydroxyl groups is 1. The van der Waals surface area contributed by atoms with Gasteiger partial charge in [-0.1, -0.05) is 57.3 Å². The molecule has 0 amide bonds. The number of phenols is 1. The van der Waals surface area contributed by atoms with Crippen LogP contribution in [0.2, 0.25) is 0 Å². The minimum Gasteiger partial charge on any atom is -0.592 e. The van der Waals surface area contributed by atoms with Gasteiger partial charge in [0, 0.05) is 19.2 Å². The molecule has 1 fully saturated rings. The van der Waals surface area contributed by atoms with Gasteiger partial charge in [-0.05, 0) is 57.2 Å². The van der Waals surface area contributed by atoms with Gasteiger partial charge >= 0.3 is 0 Å². The van der Waals surface area contributed by atoms with Crippen LogP contribution in [-0.2, 0) is 11.2 Å². The molecule has 1 aromatic carbocycles. The van der Waals surface area contributed by atoms with Crippen LogP contribution in [0.1, 0.15) is 84.1 Å². The second kappa shape index (κ2) is 14.2. The summed E-state index contributed by atoms with van der Waals surface area (Å²) in [6.45, 7) is 8.10. The van der Waals surface area contributed by atoms with Gasteiger partial charge in [0.05, 0.1) is 12.0 Å². The molecule has 3 N–H and O–H groups in total. The number of rotatable bonds is 15. The topological polar surface area (TPSA) is 83.3 Å². The van der Waals surface area contributed by atoms with Crippen LogP contribution in [-0.4, -0.2) is 48.3 Å². The van der Waals surface area contributed by atoms with Crippen LogP contribution in [0.3, 0.4) is 0 Å². The van der Waals surface area contributed by atoms with E-state index in [1.807, 2.05) is 18.3 Å². The van der Waals surface area contributed by atoms with Crippen molar-refractivity contribution in [3.8, 4) is 11.5 Å². The third kappa shape index (κ3) is 8.21. The molecule has 1 aliphatic carbocycles. The first-order valence-corrected chi connectivity index (χ1v) is 15.1. The van der Waals surface area contributed by atoms with E-state index in [0.717, 1.165) is 68.5 Å². The first-order valence-electron chi connectivity index (χ1n) is 15.1. The number of ether oxygens (including phenoxy) is 2. The summed E-state index contributed by atoms with van der Waals surface area (Å²) in [6, 6.07) is 5.71. The van der Waals surface area contributed by atoms with E-state index < -0.39 is 0 Å². The number of phenolic OH excluding ortho intramolecular Hbond substituents is 1. The SMILES string of the molecule is CCCCC1[CH-]C=C(CCc2ccc(O)c(OCC3(C4=C[C+](C(C)CNCC(C)O)C=N4)CCCCC3)c2)O1. The van der Waals surface area contributed by atoms with Gasteiger partial charge in [0.1, 0.15) is 30.2 Å². The van der Waals surface area contributed by atoms with Crippen molar-refractivity contribution in [3.63, 3.8) is 0 Å². The molecule has 6 nitrogen and oxygen atoms in total. The number of aliphatic hydroxyl groups excluding tert-OH is 1. The Morgan fingerprint density at radius 3 is 2.79 bits per heavy atom. The lowest BCUT2D eigenvalue weighted by Crippen LogP contribution is -2.33. The smallest absolute Gasteiger partial charge is 0.184 e. The van der Waals surface area contributed by atoms with E-state index in [0.29, 0.717) is 24.8 Å². The van der Waals surface area contributed by atoms with Gasteiger partial charge < -0.3 is 25.0 Å². The minimum absolute atomic E-state index is 0.141. The number of nitrogens with one attached hydrogen (secondary N) is 1. The molecule has 1 aromatic rings. The Kier molecular flexibility index (Phi) is 10.7. The van der Waals surface area contributed by atoms with Gasteiger partial charge in [-0.15, -0.1) is 4.99 Å². The lowest BCUT2D eigenvalue weighted by molar-refractivity contribution is 0.128. The van der Waals surface area contributed by atoms with Gasteiger partial charge in [-0.25, -0.2) is 0 Å². The summed E-state index contributed by atoms with van der Waals surface area (Å²) >= 11 is 0. The highest BCUT2D eigenvalue weighted by atomic mass is 16.5. The Balaban J connectivity index is 1.36. The zero-order chi connectivity index (χ0) is 27.7. The molecule has 0 saturated heterocycles. The average molecular weight is 537 g/mol. The van der Waals surface area contributed by atoms with E-state index in [1.165, 1.54) is 25.2 Å². The first-order chi connectivity index (χ1) is 18.9. The molecule has 2 aliphatic heterocycles. The highest BCUT2D eigenvalue weighted by Gasteiger charge is 2.45. The zero-order valence-electron chi connectivity index (χ0n) is 24.1. The molecule has 3 unspecified atom stereocenters. The minimum atomic E-state index is -0.349. The molecule has 1 saturated carbocycles. The maximum absolute atomic E-state index is 10.6. The van der Waals surface area contributed by atoms with E-state index in [9.17, 15) is 10.2 Å². The van der Waals surface area contributed by atoms with Crippen LogP contribution in [0.5, 0.6) is 11.5 Å². The third-order valence-corrected chi connectivity index (χ3v) is 8.30. The molecule has 3 atom stereocenters. The fourth-order valence-electron chi connectivity index (χ4n) is 5.77. The molecule has 4 rings (SSSR count). The van der Waals surface area contributed by atoms with Crippen molar-refractivity contribution in [1.82, 2.24) is 5.32 Å². The molecular weight excluding hydrogens is 488 g/mol. The third-order valence-electron chi connectivity index (χ3n) is 8.30. The summed E-state index contributed by atoms with van der Waals surface area (Å²) in [7, 11) is 0. The predicted octanol–water partition coefficient (Wildman–Crippen LogP) is 6.48. The molecular formula is C33H48N2O4. The molecule has 0 bridgehead atoms. The van der Waals surface area contributed by atoms with Crippen molar-refractivity contribution in [3.05, 3.63) is 59.7 Å². The number of unbranched alkanes of at least 4 members (excludes halogenated alkanes) is 1. The fraction of sp³-hybridized carbons (Fsp3) is 0.606. The molecule has 2 heterocycles.